The highest BCUT2D eigenvalue weighted by Gasteiger charge is 2.63. The summed E-state index contributed by atoms with van der Waals surface area (Å²) in [4.78, 5) is 13.3. The van der Waals surface area contributed by atoms with Crippen molar-refractivity contribution in [3.8, 4) is 0 Å². The van der Waals surface area contributed by atoms with Gasteiger partial charge >= 0.3 is 5.97 Å². The van der Waals surface area contributed by atoms with Crippen LogP contribution in [-0.4, -0.2) is 30.8 Å². The van der Waals surface area contributed by atoms with Gasteiger partial charge in [-0.2, -0.15) is 0 Å². The number of nitrogens with zero attached hydrogens (tertiary/aromatic N) is 1. The molecular formula is C27H28FNO5S. The smallest absolute Gasteiger partial charge is 0.350 e. The van der Waals surface area contributed by atoms with Gasteiger partial charge in [0.2, 0.25) is 0 Å². The topological polar surface area (TPSA) is 83.9 Å². The van der Waals surface area contributed by atoms with E-state index in [4.69, 9.17) is 4.74 Å². The van der Waals surface area contributed by atoms with E-state index in [2.05, 4.69) is 0 Å². The number of alkyl halides is 1. The molecule has 184 valence electrons. The minimum atomic E-state index is -4.39. The normalized spacial score (nSPS) is 22.4. The summed E-state index contributed by atoms with van der Waals surface area (Å²) in [5, 5.41) is 11.3. The number of aliphatic hydroxyl groups excluding tert-OH is 1. The Bertz CT molecular complexity index is 1340. The summed E-state index contributed by atoms with van der Waals surface area (Å²) in [7, 11) is -4.39. The van der Waals surface area contributed by atoms with Gasteiger partial charge in [0.05, 0.1) is 10.6 Å². The number of aliphatic hydroxyl groups is 1. The van der Waals surface area contributed by atoms with Gasteiger partial charge in [-0.3, -0.25) is 4.31 Å². The van der Waals surface area contributed by atoms with Gasteiger partial charge in [-0.15, -0.1) is 0 Å². The van der Waals surface area contributed by atoms with Gasteiger partial charge in [-0.05, 0) is 51.5 Å². The monoisotopic (exact) mass is 497 g/mol. The van der Waals surface area contributed by atoms with Crippen LogP contribution in [0.3, 0.4) is 0 Å². The summed E-state index contributed by atoms with van der Waals surface area (Å²) in [6.45, 7) is 6.56. The second kappa shape index (κ2) is 8.77. The number of sulfonamides is 1. The molecule has 8 heteroatoms. The minimum Gasteiger partial charge on any atom is -0.457 e. The van der Waals surface area contributed by atoms with E-state index < -0.39 is 39.4 Å². The number of anilines is 1. The second-order valence-electron chi connectivity index (χ2n) is 9.66. The number of esters is 1. The zero-order valence-electron chi connectivity index (χ0n) is 20.0. The van der Waals surface area contributed by atoms with E-state index in [1.54, 1.807) is 63.2 Å². The lowest BCUT2D eigenvalue weighted by atomic mass is 9.78. The van der Waals surface area contributed by atoms with Crippen molar-refractivity contribution >= 4 is 21.7 Å². The van der Waals surface area contributed by atoms with Crippen molar-refractivity contribution in [2.45, 2.75) is 56.0 Å². The molecule has 4 rings (SSSR count). The molecule has 0 radical (unpaired) electrons. The van der Waals surface area contributed by atoms with Gasteiger partial charge in [-0.25, -0.2) is 17.6 Å². The first-order chi connectivity index (χ1) is 16.4. The van der Waals surface area contributed by atoms with Gasteiger partial charge in [0.15, 0.2) is 0 Å². The Labute approximate surface area is 205 Å². The zero-order chi connectivity index (χ0) is 25.6. The van der Waals surface area contributed by atoms with Gasteiger partial charge in [0.25, 0.3) is 15.7 Å². The number of fused-ring (bicyclic) bond motifs is 1. The van der Waals surface area contributed by atoms with Crippen LogP contribution in [0.2, 0.25) is 0 Å². The average Bonchev–Trinajstić information content (AvgIpc) is 2.80. The Morgan fingerprint density at radius 1 is 0.971 bits per heavy atom. The maximum atomic E-state index is 17.2. The van der Waals surface area contributed by atoms with Gasteiger partial charge in [0, 0.05) is 5.56 Å². The standard InChI is InChI=1S/C27H28FNO5S/c1-18-14-16-20(17-15-18)35(32,33)29-22-13-9-8-12-21(22)24(30)27(28,25(31)34-26(2,3)4)23(29)19-10-6-5-7-11-19/h5-17,23-24,30H,1-4H3/t23-,24-,27-/m1/s1. The molecule has 1 aliphatic rings. The van der Waals surface area contributed by atoms with Crippen molar-refractivity contribution in [2.24, 2.45) is 0 Å². The average molecular weight is 498 g/mol. The molecule has 1 aliphatic heterocycles. The molecule has 3 atom stereocenters. The van der Waals surface area contributed by atoms with Crippen LogP contribution in [-0.2, 0) is 19.6 Å². The van der Waals surface area contributed by atoms with Crippen molar-refractivity contribution in [2.75, 3.05) is 4.31 Å². The molecule has 35 heavy (non-hydrogen) atoms. The first kappa shape index (κ1) is 24.9. The fourth-order valence-corrected chi connectivity index (χ4v) is 5.97. The minimum absolute atomic E-state index is 0.0243. The molecule has 0 spiro atoms. The zero-order valence-corrected chi connectivity index (χ0v) is 20.8. The number of halogens is 1. The fourth-order valence-electron chi connectivity index (χ4n) is 4.29. The number of carbonyl (C=O) groups excluding carboxylic acids is 1. The molecule has 6 nitrogen and oxygen atoms in total. The largest absolute Gasteiger partial charge is 0.457 e. The molecular weight excluding hydrogens is 469 g/mol. The summed E-state index contributed by atoms with van der Waals surface area (Å²) >= 11 is 0. The Morgan fingerprint density at radius 2 is 1.54 bits per heavy atom. The van der Waals surface area contributed by atoms with Crippen LogP contribution in [0.4, 0.5) is 10.1 Å². The summed E-state index contributed by atoms with van der Waals surface area (Å²) in [6, 6.07) is 18.5. The number of hydrogen-bond acceptors (Lipinski definition) is 5. The van der Waals surface area contributed by atoms with Gasteiger partial charge in [-0.1, -0.05) is 66.2 Å². The Morgan fingerprint density at radius 3 is 2.14 bits per heavy atom. The van der Waals surface area contributed by atoms with E-state index in [0.29, 0.717) is 0 Å². The van der Waals surface area contributed by atoms with Crippen molar-refractivity contribution < 1.29 is 27.4 Å². The molecule has 3 aromatic rings. The van der Waals surface area contributed by atoms with Crippen molar-refractivity contribution in [1.82, 2.24) is 0 Å². The third kappa shape index (κ3) is 4.32. The van der Waals surface area contributed by atoms with Gasteiger partial charge < -0.3 is 9.84 Å². The highest BCUT2D eigenvalue weighted by atomic mass is 32.2. The molecule has 0 bridgehead atoms. The van der Waals surface area contributed by atoms with Crippen LogP contribution in [0, 0.1) is 6.92 Å². The predicted octanol–water partition coefficient (Wildman–Crippen LogP) is 5.03. The number of rotatable bonds is 4. The van der Waals surface area contributed by atoms with Crippen molar-refractivity contribution in [1.29, 1.82) is 0 Å². The van der Waals surface area contributed by atoms with Crippen LogP contribution in [0.25, 0.3) is 0 Å². The van der Waals surface area contributed by atoms with Crippen LogP contribution in [0.1, 0.15) is 49.6 Å². The fraction of sp³-hybridized carbons (Fsp3) is 0.296. The maximum absolute atomic E-state index is 17.2. The molecule has 1 heterocycles. The molecule has 0 amide bonds. The Kier molecular flexibility index (Phi) is 6.23. The summed E-state index contributed by atoms with van der Waals surface area (Å²) in [5.74, 6) is -1.34. The number of carbonyl (C=O) groups is 1. The predicted molar refractivity (Wildman–Crippen MR) is 131 cm³/mol. The van der Waals surface area contributed by atoms with Crippen LogP contribution < -0.4 is 4.31 Å². The Balaban J connectivity index is 2.05. The van der Waals surface area contributed by atoms with E-state index in [9.17, 15) is 18.3 Å². The van der Waals surface area contributed by atoms with Crippen molar-refractivity contribution in [3.63, 3.8) is 0 Å². The quantitative estimate of drug-likeness (QED) is 0.511. The highest BCUT2D eigenvalue weighted by molar-refractivity contribution is 7.92. The lowest BCUT2D eigenvalue weighted by molar-refractivity contribution is -0.182. The molecule has 3 aromatic carbocycles. The molecule has 0 unspecified atom stereocenters. The number of benzene rings is 3. The molecule has 0 saturated carbocycles. The number of para-hydroxylation sites is 1. The van der Waals surface area contributed by atoms with E-state index in [1.165, 1.54) is 36.4 Å². The molecule has 0 aromatic heterocycles. The van der Waals surface area contributed by atoms with Gasteiger partial charge in [0.1, 0.15) is 17.7 Å². The molecule has 1 N–H and O–H groups in total. The SMILES string of the molecule is Cc1ccc(S(=O)(=O)N2c3ccccc3[C@@H](O)[C@@](F)(C(=O)OC(C)(C)C)[C@H]2c2ccccc2)cc1. The summed E-state index contributed by atoms with van der Waals surface area (Å²) in [5.41, 5.74) is -3.10. The lowest BCUT2D eigenvalue weighted by Crippen LogP contribution is -2.58. The molecule has 0 aliphatic carbocycles. The van der Waals surface area contributed by atoms with E-state index in [1.807, 2.05) is 6.92 Å². The first-order valence-corrected chi connectivity index (χ1v) is 12.7. The van der Waals surface area contributed by atoms with Crippen LogP contribution >= 0.6 is 0 Å². The third-order valence-electron chi connectivity index (χ3n) is 5.90. The Hall–Kier alpha value is -3.23. The highest BCUT2D eigenvalue weighted by Crippen LogP contribution is 2.54. The van der Waals surface area contributed by atoms with E-state index in [0.717, 1.165) is 9.87 Å². The first-order valence-electron chi connectivity index (χ1n) is 11.2. The number of hydrogen-bond donors (Lipinski definition) is 1. The van der Waals surface area contributed by atoms with E-state index >= 15 is 4.39 Å². The summed E-state index contributed by atoms with van der Waals surface area (Å²) < 4.78 is 51.7. The van der Waals surface area contributed by atoms with Crippen LogP contribution in [0.15, 0.2) is 83.8 Å². The summed E-state index contributed by atoms with van der Waals surface area (Å²) in [6.07, 6.45) is -1.97. The van der Waals surface area contributed by atoms with Crippen LogP contribution in [0.5, 0.6) is 0 Å². The van der Waals surface area contributed by atoms with E-state index in [-0.39, 0.29) is 21.7 Å². The molecule has 0 fully saturated rings. The maximum Gasteiger partial charge on any atom is 0.350 e. The number of ether oxygens (including phenoxy) is 1. The third-order valence-corrected chi connectivity index (χ3v) is 7.70. The van der Waals surface area contributed by atoms with Crippen molar-refractivity contribution in [3.05, 3.63) is 95.6 Å². The number of aryl methyl sites for hydroxylation is 1. The second-order valence-corrected chi connectivity index (χ2v) is 11.5. The molecule has 0 saturated heterocycles. The lowest BCUT2D eigenvalue weighted by Gasteiger charge is -2.47.